The summed E-state index contributed by atoms with van der Waals surface area (Å²) >= 11 is 0. The number of nitrogens with zero attached hydrogens (tertiary/aromatic N) is 3. The highest BCUT2D eigenvalue weighted by molar-refractivity contribution is 5.97. The van der Waals surface area contributed by atoms with Gasteiger partial charge >= 0.3 is 0 Å². The van der Waals surface area contributed by atoms with Gasteiger partial charge in [-0.2, -0.15) is 0 Å². The van der Waals surface area contributed by atoms with E-state index < -0.39 is 0 Å². The maximum atomic E-state index is 13.3. The van der Waals surface area contributed by atoms with E-state index in [2.05, 4.69) is 46.8 Å². The van der Waals surface area contributed by atoms with Crippen LogP contribution in [-0.4, -0.2) is 67.6 Å². The van der Waals surface area contributed by atoms with E-state index >= 15 is 0 Å². The molecule has 2 aliphatic heterocycles. The van der Waals surface area contributed by atoms with Crippen LogP contribution in [0, 0.1) is 19.8 Å². The molecule has 1 aromatic heterocycles. The molecule has 0 N–H and O–H groups in total. The van der Waals surface area contributed by atoms with Crippen molar-refractivity contribution in [2.24, 2.45) is 5.92 Å². The monoisotopic (exact) mass is 559 g/mol. The number of aromatic nitrogens is 1. The third-order valence-electron chi connectivity index (χ3n) is 8.01. The smallest absolute Gasteiger partial charge is 0.254 e. The minimum absolute atomic E-state index is 0. The highest BCUT2D eigenvalue weighted by atomic mass is 35.5. The average Bonchev–Trinajstić information content (AvgIpc) is 2.89. The average molecular weight is 561 g/mol. The number of pyridine rings is 1. The van der Waals surface area contributed by atoms with Crippen molar-refractivity contribution in [3.63, 3.8) is 0 Å². The second-order valence-electron chi connectivity index (χ2n) is 10.4. The molecule has 3 aromatic rings. The van der Waals surface area contributed by atoms with Gasteiger partial charge in [0.05, 0.1) is 14.2 Å². The number of hydrogen-bond acceptors (Lipinski definition) is 5. The standard InChI is InChI=1S/C30H37N3O3.2ClH/c1-20-12-23-8-11-33(30(34)27(23)13-21(20)2)19-22-6-5-9-32(18-22)10-7-24-16-31-17-25-14-28(35-3)29(36-4)15-26(24)25;;/h12-17,22H,5-11,18-19H2,1-4H3;2*1H. The molecule has 206 valence electrons. The molecule has 8 heteroatoms. The number of likely N-dealkylation sites (tertiary alicyclic amines) is 1. The van der Waals surface area contributed by atoms with Gasteiger partial charge in [-0.05, 0) is 97.8 Å². The molecular weight excluding hydrogens is 521 g/mol. The van der Waals surface area contributed by atoms with Crippen LogP contribution >= 0.6 is 24.8 Å². The molecule has 5 rings (SSSR count). The van der Waals surface area contributed by atoms with E-state index in [1.807, 2.05) is 18.5 Å². The first-order valence-corrected chi connectivity index (χ1v) is 13.1. The van der Waals surface area contributed by atoms with Crippen molar-refractivity contribution in [2.45, 2.75) is 39.5 Å². The second kappa shape index (κ2) is 13.0. The number of amides is 1. The van der Waals surface area contributed by atoms with Gasteiger partial charge in [0.25, 0.3) is 5.91 Å². The van der Waals surface area contributed by atoms with Crippen LogP contribution in [0.3, 0.4) is 0 Å². The van der Waals surface area contributed by atoms with Gasteiger partial charge in [-0.15, -0.1) is 24.8 Å². The fourth-order valence-corrected chi connectivity index (χ4v) is 5.83. The second-order valence-corrected chi connectivity index (χ2v) is 10.4. The molecule has 0 saturated carbocycles. The van der Waals surface area contributed by atoms with Crippen molar-refractivity contribution in [3.05, 3.63) is 64.5 Å². The van der Waals surface area contributed by atoms with Crippen LogP contribution in [0.2, 0.25) is 0 Å². The lowest BCUT2D eigenvalue weighted by molar-refractivity contribution is 0.0662. The molecule has 6 nitrogen and oxygen atoms in total. The van der Waals surface area contributed by atoms with E-state index in [1.165, 1.54) is 40.5 Å². The van der Waals surface area contributed by atoms with Crippen LogP contribution < -0.4 is 9.47 Å². The van der Waals surface area contributed by atoms with Crippen LogP contribution in [0.1, 0.15) is 45.5 Å². The van der Waals surface area contributed by atoms with Gasteiger partial charge in [0.1, 0.15) is 0 Å². The fourth-order valence-electron chi connectivity index (χ4n) is 5.83. The fraction of sp³-hybridized carbons (Fsp3) is 0.467. The molecule has 0 aliphatic carbocycles. The largest absolute Gasteiger partial charge is 0.493 e. The summed E-state index contributed by atoms with van der Waals surface area (Å²) < 4.78 is 11.0. The molecule has 0 radical (unpaired) electrons. The van der Waals surface area contributed by atoms with Gasteiger partial charge in [0.15, 0.2) is 11.5 Å². The van der Waals surface area contributed by atoms with Gasteiger partial charge in [0.2, 0.25) is 0 Å². The summed E-state index contributed by atoms with van der Waals surface area (Å²) in [6.45, 7) is 9.05. The minimum Gasteiger partial charge on any atom is -0.493 e. The summed E-state index contributed by atoms with van der Waals surface area (Å²) in [5, 5.41) is 2.23. The first-order valence-electron chi connectivity index (χ1n) is 13.1. The highest BCUT2D eigenvalue weighted by Crippen LogP contribution is 2.33. The predicted octanol–water partition coefficient (Wildman–Crippen LogP) is 5.67. The molecule has 2 aromatic carbocycles. The summed E-state index contributed by atoms with van der Waals surface area (Å²) in [6, 6.07) is 8.36. The van der Waals surface area contributed by atoms with Crippen molar-refractivity contribution in [1.29, 1.82) is 0 Å². The van der Waals surface area contributed by atoms with Gasteiger partial charge in [-0.3, -0.25) is 9.78 Å². The number of carbonyl (C=O) groups excluding carboxylic acids is 1. The number of halogens is 2. The molecule has 1 saturated heterocycles. The van der Waals surface area contributed by atoms with Crippen LogP contribution in [-0.2, 0) is 12.8 Å². The summed E-state index contributed by atoms with van der Waals surface area (Å²) in [5.41, 5.74) is 5.82. The lowest BCUT2D eigenvalue weighted by Crippen LogP contribution is -2.45. The van der Waals surface area contributed by atoms with Crippen LogP contribution in [0.4, 0.5) is 0 Å². The van der Waals surface area contributed by atoms with Gasteiger partial charge < -0.3 is 19.3 Å². The Morgan fingerprint density at radius 1 is 0.974 bits per heavy atom. The van der Waals surface area contributed by atoms with Crippen molar-refractivity contribution in [1.82, 2.24) is 14.8 Å². The Labute approximate surface area is 238 Å². The maximum Gasteiger partial charge on any atom is 0.254 e. The van der Waals surface area contributed by atoms with E-state index in [9.17, 15) is 4.79 Å². The molecular formula is C30H39Cl2N3O3. The number of rotatable bonds is 7. The SMILES string of the molecule is COc1cc2cncc(CCN3CCCC(CN4CCc5cc(C)c(C)cc5C4=O)C3)c2cc1OC.Cl.Cl. The van der Waals surface area contributed by atoms with Crippen molar-refractivity contribution in [2.75, 3.05) is 46.9 Å². The number of carbonyl (C=O) groups is 1. The molecule has 38 heavy (non-hydrogen) atoms. The number of fused-ring (bicyclic) bond motifs is 2. The third kappa shape index (κ3) is 6.19. The summed E-state index contributed by atoms with van der Waals surface area (Å²) in [4.78, 5) is 22.4. The van der Waals surface area contributed by atoms with Gasteiger partial charge in [0, 0.05) is 49.5 Å². The topological polar surface area (TPSA) is 54.9 Å². The minimum atomic E-state index is 0. The van der Waals surface area contributed by atoms with E-state index in [-0.39, 0.29) is 30.7 Å². The summed E-state index contributed by atoms with van der Waals surface area (Å²) in [5.74, 6) is 2.20. The van der Waals surface area contributed by atoms with Crippen LogP contribution in [0.25, 0.3) is 10.8 Å². The first kappa shape index (κ1) is 30.0. The molecule has 0 spiro atoms. The molecule has 3 heterocycles. The zero-order valence-electron chi connectivity index (χ0n) is 22.8. The van der Waals surface area contributed by atoms with Crippen molar-refractivity contribution >= 4 is 41.5 Å². The van der Waals surface area contributed by atoms with Gasteiger partial charge in [-0.25, -0.2) is 0 Å². The molecule has 0 bridgehead atoms. The number of benzene rings is 2. The first-order chi connectivity index (χ1) is 17.5. The highest BCUT2D eigenvalue weighted by Gasteiger charge is 2.29. The number of aryl methyl sites for hydroxylation is 2. The number of hydrogen-bond donors (Lipinski definition) is 0. The molecule has 1 atom stereocenters. The van der Waals surface area contributed by atoms with E-state index in [4.69, 9.17) is 9.47 Å². The Kier molecular flexibility index (Phi) is 10.3. The Balaban J connectivity index is 0.00000200. The number of piperidine rings is 1. The third-order valence-corrected chi connectivity index (χ3v) is 8.01. The van der Waals surface area contributed by atoms with E-state index in [1.54, 1.807) is 14.2 Å². The van der Waals surface area contributed by atoms with E-state index in [0.717, 1.165) is 68.0 Å². The quantitative estimate of drug-likeness (QED) is 0.373. The van der Waals surface area contributed by atoms with Crippen molar-refractivity contribution in [3.8, 4) is 11.5 Å². The zero-order chi connectivity index (χ0) is 25.2. The summed E-state index contributed by atoms with van der Waals surface area (Å²) in [6.07, 6.45) is 8.12. The van der Waals surface area contributed by atoms with Crippen molar-refractivity contribution < 1.29 is 14.3 Å². The number of ether oxygens (including phenoxy) is 2. The molecule has 1 unspecified atom stereocenters. The molecule has 2 aliphatic rings. The Morgan fingerprint density at radius 3 is 2.47 bits per heavy atom. The molecule has 1 fully saturated rings. The lowest BCUT2D eigenvalue weighted by Gasteiger charge is -2.37. The Bertz CT molecular complexity index is 1280. The Hall–Kier alpha value is -2.54. The predicted molar refractivity (Wildman–Crippen MR) is 158 cm³/mol. The Morgan fingerprint density at radius 2 is 1.71 bits per heavy atom. The van der Waals surface area contributed by atoms with Gasteiger partial charge in [-0.1, -0.05) is 6.07 Å². The van der Waals surface area contributed by atoms with E-state index in [0.29, 0.717) is 5.92 Å². The zero-order valence-corrected chi connectivity index (χ0v) is 24.4. The van der Waals surface area contributed by atoms with Crippen LogP contribution in [0.15, 0.2) is 36.7 Å². The van der Waals surface area contributed by atoms with Crippen LogP contribution in [0.5, 0.6) is 11.5 Å². The maximum absolute atomic E-state index is 13.3. The molecule has 1 amide bonds. The normalized spacial score (nSPS) is 17.4. The lowest BCUT2D eigenvalue weighted by atomic mass is 9.92. The summed E-state index contributed by atoms with van der Waals surface area (Å²) in [7, 11) is 3.33. The number of methoxy groups -OCH3 is 2.